The zero-order valence-electron chi connectivity index (χ0n) is 13.1. The molecule has 1 aromatic heterocycles. The summed E-state index contributed by atoms with van der Waals surface area (Å²) in [6.07, 6.45) is 0. The maximum absolute atomic E-state index is 6.19. The predicted octanol–water partition coefficient (Wildman–Crippen LogP) is 5.45. The van der Waals surface area contributed by atoms with Crippen molar-refractivity contribution < 1.29 is 0 Å². The van der Waals surface area contributed by atoms with Crippen molar-refractivity contribution >= 4 is 40.5 Å². The quantitative estimate of drug-likeness (QED) is 0.636. The van der Waals surface area contributed by atoms with Crippen LogP contribution >= 0.6 is 23.2 Å². The first-order valence-corrected chi connectivity index (χ1v) is 8.22. The van der Waals surface area contributed by atoms with E-state index in [1.807, 2.05) is 31.2 Å². The van der Waals surface area contributed by atoms with E-state index in [0.29, 0.717) is 33.9 Å². The Labute approximate surface area is 150 Å². The van der Waals surface area contributed by atoms with E-state index in [9.17, 15) is 0 Å². The first kappa shape index (κ1) is 16.6. The van der Waals surface area contributed by atoms with Crippen molar-refractivity contribution in [2.24, 2.45) is 0 Å². The number of para-hydroxylation sites is 1. The molecule has 0 saturated carbocycles. The normalized spacial score (nSPS) is 10.5. The van der Waals surface area contributed by atoms with Crippen LogP contribution in [-0.4, -0.2) is 9.97 Å². The average molecular weight is 359 g/mol. The van der Waals surface area contributed by atoms with Crippen LogP contribution in [-0.2, 0) is 6.54 Å². The van der Waals surface area contributed by atoms with Crippen LogP contribution in [0.4, 0.5) is 17.3 Å². The molecule has 0 aliphatic heterocycles. The van der Waals surface area contributed by atoms with Gasteiger partial charge in [-0.3, -0.25) is 0 Å². The van der Waals surface area contributed by atoms with Crippen molar-refractivity contribution in [2.75, 3.05) is 10.6 Å². The second-order valence-electron chi connectivity index (χ2n) is 5.25. The summed E-state index contributed by atoms with van der Waals surface area (Å²) in [6.45, 7) is 2.52. The lowest BCUT2D eigenvalue weighted by Gasteiger charge is -2.12. The minimum Gasteiger partial charge on any atom is -0.366 e. The van der Waals surface area contributed by atoms with Gasteiger partial charge in [0.1, 0.15) is 17.5 Å². The molecule has 0 aliphatic rings. The molecular formula is C18H16Cl2N4. The molecule has 0 aliphatic carbocycles. The highest BCUT2D eigenvalue weighted by atomic mass is 35.5. The summed E-state index contributed by atoms with van der Waals surface area (Å²) in [7, 11) is 0. The van der Waals surface area contributed by atoms with Crippen LogP contribution in [0, 0.1) is 6.92 Å². The van der Waals surface area contributed by atoms with Crippen molar-refractivity contribution in [3.63, 3.8) is 0 Å². The summed E-state index contributed by atoms with van der Waals surface area (Å²) >= 11 is 12.4. The van der Waals surface area contributed by atoms with Gasteiger partial charge in [0, 0.05) is 12.6 Å². The summed E-state index contributed by atoms with van der Waals surface area (Å²) in [5.41, 5.74) is 1.81. The van der Waals surface area contributed by atoms with E-state index in [0.717, 1.165) is 5.82 Å². The largest absolute Gasteiger partial charge is 0.366 e. The minimum atomic E-state index is 0.539. The van der Waals surface area contributed by atoms with Gasteiger partial charge >= 0.3 is 0 Å². The number of benzene rings is 2. The third-order valence-corrected chi connectivity index (χ3v) is 4.00. The van der Waals surface area contributed by atoms with E-state index >= 15 is 0 Å². The Morgan fingerprint density at radius 3 is 2.25 bits per heavy atom. The Hall–Kier alpha value is -2.30. The molecule has 0 spiro atoms. The lowest BCUT2D eigenvalue weighted by molar-refractivity contribution is 1.03. The Balaban J connectivity index is 1.79. The van der Waals surface area contributed by atoms with Gasteiger partial charge in [-0.2, -0.15) is 0 Å². The Morgan fingerprint density at radius 1 is 0.875 bits per heavy atom. The first-order valence-electron chi connectivity index (χ1n) is 7.46. The van der Waals surface area contributed by atoms with Crippen LogP contribution in [0.5, 0.6) is 0 Å². The third-order valence-electron chi connectivity index (χ3n) is 3.37. The minimum absolute atomic E-state index is 0.539. The van der Waals surface area contributed by atoms with Gasteiger partial charge in [-0.05, 0) is 24.6 Å². The fourth-order valence-corrected chi connectivity index (χ4v) is 2.75. The molecule has 6 heteroatoms. The lowest BCUT2D eigenvalue weighted by Crippen LogP contribution is -2.05. The van der Waals surface area contributed by atoms with E-state index in [-0.39, 0.29) is 0 Å². The molecule has 0 fully saturated rings. The smallest absolute Gasteiger partial charge is 0.136 e. The molecule has 2 aromatic carbocycles. The van der Waals surface area contributed by atoms with Crippen LogP contribution in [0.2, 0.25) is 10.0 Å². The number of halogens is 2. The van der Waals surface area contributed by atoms with Gasteiger partial charge in [-0.1, -0.05) is 59.6 Å². The van der Waals surface area contributed by atoms with E-state index in [1.165, 1.54) is 5.56 Å². The molecular weight excluding hydrogens is 343 g/mol. The van der Waals surface area contributed by atoms with Crippen molar-refractivity contribution in [3.8, 4) is 0 Å². The maximum Gasteiger partial charge on any atom is 0.136 e. The second kappa shape index (κ2) is 7.51. The van der Waals surface area contributed by atoms with Crippen molar-refractivity contribution in [3.05, 3.63) is 76.0 Å². The molecule has 0 bridgehead atoms. The first-order chi connectivity index (χ1) is 11.6. The second-order valence-corrected chi connectivity index (χ2v) is 6.06. The molecule has 3 aromatic rings. The van der Waals surface area contributed by atoms with Crippen molar-refractivity contribution in [1.82, 2.24) is 9.97 Å². The van der Waals surface area contributed by atoms with Crippen molar-refractivity contribution in [1.29, 1.82) is 0 Å². The fourth-order valence-electron chi connectivity index (χ4n) is 2.26. The fraction of sp³-hybridized carbons (Fsp3) is 0.111. The molecule has 0 amide bonds. The van der Waals surface area contributed by atoms with Gasteiger partial charge in [0.15, 0.2) is 0 Å². The van der Waals surface area contributed by atoms with Crippen molar-refractivity contribution in [2.45, 2.75) is 13.5 Å². The summed E-state index contributed by atoms with van der Waals surface area (Å²) in [5.74, 6) is 2.02. The SMILES string of the molecule is Cc1nc(NCc2ccccc2)cc(Nc2c(Cl)cccc2Cl)n1. The average Bonchev–Trinajstić information content (AvgIpc) is 2.57. The standard InChI is InChI=1S/C18H16Cl2N4/c1-12-22-16(21-11-13-6-3-2-4-7-13)10-17(23-12)24-18-14(19)8-5-9-15(18)20/h2-10H,11H2,1H3,(H2,21,22,23,24). The zero-order chi connectivity index (χ0) is 16.9. The molecule has 122 valence electrons. The number of aromatic nitrogens is 2. The number of nitrogens with zero attached hydrogens (tertiary/aromatic N) is 2. The van der Waals surface area contributed by atoms with E-state index in [1.54, 1.807) is 18.2 Å². The van der Waals surface area contributed by atoms with Crippen LogP contribution in [0.3, 0.4) is 0 Å². The Morgan fingerprint density at radius 2 is 1.54 bits per heavy atom. The number of hydrogen-bond donors (Lipinski definition) is 2. The number of rotatable bonds is 5. The van der Waals surface area contributed by atoms with Gasteiger partial charge in [-0.15, -0.1) is 0 Å². The third kappa shape index (κ3) is 4.16. The zero-order valence-corrected chi connectivity index (χ0v) is 14.6. The van der Waals surface area contributed by atoms with Gasteiger partial charge in [-0.25, -0.2) is 9.97 Å². The highest BCUT2D eigenvalue weighted by molar-refractivity contribution is 6.39. The molecule has 2 N–H and O–H groups in total. The van der Waals surface area contributed by atoms with Gasteiger partial charge in [0.25, 0.3) is 0 Å². The molecule has 0 atom stereocenters. The molecule has 4 nitrogen and oxygen atoms in total. The number of hydrogen-bond acceptors (Lipinski definition) is 4. The van der Waals surface area contributed by atoms with Gasteiger partial charge < -0.3 is 10.6 Å². The number of nitrogens with one attached hydrogen (secondary N) is 2. The van der Waals surface area contributed by atoms with E-state index < -0.39 is 0 Å². The van der Waals surface area contributed by atoms with Gasteiger partial charge in [0.05, 0.1) is 15.7 Å². The van der Waals surface area contributed by atoms with Crippen LogP contribution < -0.4 is 10.6 Å². The molecule has 24 heavy (non-hydrogen) atoms. The number of anilines is 3. The van der Waals surface area contributed by atoms with E-state index in [2.05, 4.69) is 32.7 Å². The Kier molecular flexibility index (Phi) is 5.18. The van der Waals surface area contributed by atoms with Gasteiger partial charge in [0.2, 0.25) is 0 Å². The molecule has 0 saturated heterocycles. The topological polar surface area (TPSA) is 49.8 Å². The summed E-state index contributed by atoms with van der Waals surface area (Å²) in [6, 6.07) is 17.3. The van der Waals surface area contributed by atoms with Crippen LogP contribution in [0.1, 0.15) is 11.4 Å². The van der Waals surface area contributed by atoms with Crippen LogP contribution in [0.25, 0.3) is 0 Å². The molecule has 3 rings (SSSR count). The molecule has 1 heterocycles. The van der Waals surface area contributed by atoms with E-state index in [4.69, 9.17) is 23.2 Å². The van der Waals surface area contributed by atoms with Crippen LogP contribution in [0.15, 0.2) is 54.6 Å². The maximum atomic E-state index is 6.19. The number of aryl methyl sites for hydroxylation is 1. The summed E-state index contributed by atoms with van der Waals surface area (Å²) in [4.78, 5) is 8.79. The summed E-state index contributed by atoms with van der Waals surface area (Å²) in [5, 5.41) is 7.54. The Bertz CT molecular complexity index is 817. The highest BCUT2D eigenvalue weighted by Gasteiger charge is 2.08. The summed E-state index contributed by atoms with van der Waals surface area (Å²) < 4.78 is 0. The monoisotopic (exact) mass is 358 g/mol. The lowest BCUT2D eigenvalue weighted by atomic mass is 10.2. The highest BCUT2D eigenvalue weighted by Crippen LogP contribution is 2.32. The molecule has 0 unspecified atom stereocenters. The molecule has 0 radical (unpaired) electrons. The predicted molar refractivity (Wildman–Crippen MR) is 100 cm³/mol.